The summed E-state index contributed by atoms with van der Waals surface area (Å²) in [5.41, 5.74) is 1.80. The Kier molecular flexibility index (Phi) is 5.89. The van der Waals surface area contributed by atoms with E-state index in [1.165, 1.54) is 19.1 Å². The van der Waals surface area contributed by atoms with Crippen molar-refractivity contribution in [2.45, 2.75) is 12.6 Å². The maximum Gasteiger partial charge on any atom is 0.295 e. The van der Waals surface area contributed by atoms with E-state index in [9.17, 15) is 14.7 Å². The Bertz CT molecular complexity index is 1180. The van der Waals surface area contributed by atoms with Crippen LogP contribution < -0.4 is 9.47 Å². The van der Waals surface area contributed by atoms with Crippen LogP contribution in [0.2, 0.25) is 0 Å². The number of aromatic nitrogens is 1. The van der Waals surface area contributed by atoms with Gasteiger partial charge in [0.2, 0.25) is 0 Å². The second-order valence-corrected chi connectivity index (χ2v) is 7.27. The minimum absolute atomic E-state index is 0.00792. The van der Waals surface area contributed by atoms with Crippen molar-refractivity contribution < 1.29 is 24.2 Å². The molecule has 1 unspecified atom stereocenters. The van der Waals surface area contributed by atoms with Crippen LogP contribution in [-0.2, 0) is 16.1 Å². The molecule has 0 bridgehead atoms. The van der Waals surface area contributed by atoms with Crippen molar-refractivity contribution in [3.05, 3.63) is 95.3 Å². The maximum atomic E-state index is 13.1. The number of aliphatic hydroxyl groups excluding tert-OH is 1. The predicted octanol–water partition coefficient (Wildman–Crippen LogP) is 3.72. The number of ketones is 1. The van der Waals surface area contributed by atoms with Crippen LogP contribution in [-0.4, -0.2) is 40.9 Å². The van der Waals surface area contributed by atoms with Gasteiger partial charge in [-0.05, 0) is 29.3 Å². The summed E-state index contributed by atoms with van der Waals surface area (Å²) >= 11 is 0. The van der Waals surface area contributed by atoms with E-state index >= 15 is 0 Å². The average Bonchev–Trinajstić information content (AvgIpc) is 3.09. The summed E-state index contributed by atoms with van der Waals surface area (Å²) in [6.45, 7) is 0.175. The number of carbonyl (C=O) groups is 2. The third kappa shape index (κ3) is 3.80. The molecule has 162 valence electrons. The van der Waals surface area contributed by atoms with Gasteiger partial charge in [-0.25, -0.2) is 0 Å². The lowest BCUT2D eigenvalue weighted by atomic mass is 9.95. The number of benzene rings is 2. The Labute approximate surface area is 185 Å². The number of pyridine rings is 1. The number of ether oxygens (including phenoxy) is 2. The Morgan fingerprint density at radius 2 is 1.81 bits per heavy atom. The Hall–Kier alpha value is -4.13. The molecule has 1 amide bonds. The lowest BCUT2D eigenvalue weighted by Gasteiger charge is -2.25. The highest BCUT2D eigenvalue weighted by atomic mass is 16.5. The molecule has 1 fully saturated rings. The van der Waals surface area contributed by atoms with Gasteiger partial charge in [0.25, 0.3) is 11.7 Å². The summed E-state index contributed by atoms with van der Waals surface area (Å²) in [6.07, 6.45) is 3.29. The first-order valence-electron chi connectivity index (χ1n) is 9.99. The summed E-state index contributed by atoms with van der Waals surface area (Å²) in [7, 11) is 2.98. The first-order valence-corrected chi connectivity index (χ1v) is 9.99. The van der Waals surface area contributed by atoms with Crippen LogP contribution in [0.25, 0.3) is 5.76 Å². The van der Waals surface area contributed by atoms with E-state index in [0.717, 1.165) is 5.56 Å². The topological polar surface area (TPSA) is 89.0 Å². The van der Waals surface area contributed by atoms with Crippen molar-refractivity contribution in [2.24, 2.45) is 0 Å². The molecule has 0 spiro atoms. The number of likely N-dealkylation sites (tertiary alicyclic amines) is 1. The molecule has 1 N–H and O–H groups in total. The zero-order valence-electron chi connectivity index (χ0n) is 17.7. The van der Waals surface area contributed by atoms with E-state index < -0.39 is 17.7 Å². The molecule has 1 aliphatic rings. The number of methoxy groups -OCH3 is 2. The van der Waals surface area contributed by atoms with Gasteiger partial charge in [-0.15, -0.1) is 0 Å². The fourth-order valence-electron chi connectivity index (χ4n) is 3.85. The number of rotatable bonds is 6. The number of amides is 1. The van der Waals surface area contributed by atoms with Gasteiger partial charge in [0.05, 0.1) is 31.4 Å². The number of aliphatic hydroxyl groups is 1. The van der Waals surface area contributed by atoms with Crippen molar-refractivity contribution in [1.29, 1.82) is 0 Å². The van der Waals surface area contributed by atoms with E-state index in [1.54, 1.807) is 36.7 Å². The van der Waals surface area contributed by atoms with Crippen LogP contribution in [0, 0.1) is 0 Å². The van der Waals surface area contributed by atoms with Gasteiger partial charge >= 0.3 is 0 Å². The summed E-state index contributed by atoms with van der Waals surface area (Å²) < 4.78 is 10.6. The van der Waals surface area contributed by atoms with E-state index in [2.05, 4.69) is 4.98 Å². The van der Waals surface area contributed by atoms with E-state index in [0.29, 0.717) is 22.6 Å². The van der Waals surface area contributed by atoms with Crippen LogP contribution in [0.1, 0.15) is 22.7 Å². The average molecular weight is 430 g/mol. The third-order valence-corrected chi connectivity index (χ3v) is 5.39. The van der Waals surface area contributed by atoms with E-state index in [-0.39, 0.29) is 17.9 Å². The van der Waals surface area contributed by atoms with Crippen molar-refractivity contribution in [3.8, 4) is 11.5 Å². The number of nitrogens with zero attached hydrogens (tertiary/aromatic N) is 2. The first kappa shape index (κ1) is 21.1. The maximum absolute atomic E-state index is 13.1. The normalized spacial score (nSPS) is 17.4. The van der Waals surface area contributed by atoms with Gasteiger partial charge in [-0.3, -0.25) is 14.6 Å². The number of carbonyl (C=O) groups excluding carboxylic acids is 2. The molecule has 1 aromatic heterocycles. The number of hydrogen-bond donors (Lipinski definition) is 1. The van der Waals surface area contributed by atoms with Gasteiger partial charge in [0, 0.05) is 25.0 Å². The minimum Gasteiger partial charge on any atom is -0.507 e. The SMILES string of the molecule is COc1ccc(/C(O)=C2\C(=O)C(=O)N(Cc3cccnc3)C2c2ccccc2)c(OC)c1. The van der Waals surface area contributed by atoms with Crippen LogP contribution in [0.4, 0.5) is 0 Å². The van der Waals surface area contributed by atoms with Gasteiger partial charge in [0.15, 0.2) is 0 Å². The lowest BCUT2D eigenvalue weighted by Crippen LogP contribution is -2.29. The minimum atomic E-state index is -0.761. The zero-order chi connectivity index (χ0) is 22.7. The first-order chi connectivity index (χ1) is 15.5. The fraction of sp³-hybridized carbons (Fsp3) is 0.160. The summed E-state index contributed by atoms with van der Waals surface area (Å²) in [6, 6.07) is 16.9. The molecule has 1 atom stereocenters. The molecule has 32 heavy (non-hydrogen) atoms. The lowest BCUT2D eigenvalue weighted by molar-refractivity contribution is -0.140. The zero-order valence-corrected chi connectivity index (χ0v) is 17.7. The molecule has 7 heteroatoms. The van der Waals surface area contributed by atoms with Crippen LogP contribution >= 0.6 is 0 Å². The molecule has 7 nitrogen and oxygen atoms in total. The molecule has 0 saturated carbocycles. The highest BCUT2D eigenvalue weighted by Gasteiger charge is 2.46. The summed E-state index contributed by atoms with van der Waals surface area (Å²) in [5, 5.41) is 11.2. The molecule has 0 aliphatic carbocycles. The number of hydrogen-bond acceptors (Lipinski definition) is 6. The van der Waals surface area contributed by atoms with Crippen LogP contribution in [0.3, 0.4) is 0 Å². The third-order valence-electron chi connectivity index (χ3n) is 5.39. The Balaban J connectivity index is 1.88. The monoisotopic (exact) mass is 430 g/mol. The van der Waals surface area contributed by atoms with Crippen molar-refractivity contribution in [1.82, 2.24) is 9.88 Å². The smallest absolute Gasteiger partial charge is 0.295 e. The molecule has 2 aromatic carbocycles. The number of Topliss-reactive ketones (excluding diaryl/α,β-unsaturated/α-hetero) is 1. The van der Waals surface area contributed by atoms with Crippen LogP contribution in [0.15, 0.2) is 78.6 Å². The molecular weight excluding hydrogens is 408 g/mol. The molecule has 1 saturated heterocycles. The van der Waals surface area contributed by atoms with Crippen molar-refractivity contribution in [3.63, 3.8) is 0 Å². The van der Waals surface area contributed by atoms with Gasteiger partial charge < -0.3 is 19.5 Å². The molecule has 1 aliphatic heterocycles. The van der Waals surface area contributed by atoms with Gasteiger partial charge in [-0.2, -0.15) is 0 Å². The van der Waals surface area contributed by atoms with E-state index in [1.807, 2.05) is 36.4 Å². The Morgan fingerprint density at radius 3 is 2.47 bits per heavy atom. The molecule has 3 aromatic rings. The van der Waals surface area contributed by atoms with Gasteiger partial charge in [0.1, 0.15) is 17.3 Å². The largest absolute Gasteiger partial charge is 0.507 e. The molecule has 0 radical (unpaired) electrons. The van der Waals surface area contributed by atoms with Crippen molar-refractivity contribution >= 4 is 17.4 Å². The fourth-order valence-corrected chi connectivity index (χ4v) is 3.85. The summed E-state index contributed by atoms with van der Waals surface area (Å²) in [4.78, 5) is 31.7. The Morgan fingerprint density at radius 1 is 1.03 bits per heavy atom. The predicted molar refractivity (Wildman–Crippen MR) is 118 cm³/mol. The molecule has 2 heterocycles. The highest BCUT2D eigenvalue weighted by molar-refractivity contribution is 6.46. The second-order valence-electron chi connectivity index (χ2n) is 7.27. The molecule has 4 rings (SSSR count). The van der Waals surface area contributed by atoms with Gasteiger partial charge in [-0.1, -0.05) is 36.4 Å². The van der Waals surface area contributed by atoms with Crippen molar-refractivity contribution in [2.75, 3.05) is 14.2 Å². The summed E-state index contributed by atoms with van der Waals surface area (Å²) in [5.74, 6) is -0.873. The second kappa shape index (κ2) is 8.93. The van der Waals surface area contributed by atoms with E-state index in [4.69, 9.17) is 9.47 Å². The molecular formula is C25H22N2O5. The standard InChI is InChI=1S/C25H22N2O5/c1-31-18-10-11-19(20(13-18)32-2)23(28)21-22(17-8-4-3-5-9-17)27(25(30)24(21)29)15-16-7-6-12-26-14-16/h3-14,22,28H,15H2,1-2H3/b23-21+. The quantitative estimate of drug-likeness (QED) is 0.364. The highest BCUT2D eigenvalue weighted by Crippen LogP contribution is 2.42. The van der Waals surface area contributed by atoms with Crippen LogP contribution in [0.5, 0.6) is 11.5 Å².